The molecule has 36 heavy (non-hydrogen) atoms. The number of hydrogen-bond donors (Lipinski definition) is 2. The number of aliphatic imine (C=N–C) groups is 1. The zero-order valence-electron chi connectivity index (χ0n) is 20.2. The average molecular weight is 503 g/mol. The SMILES string of the molecule is CC(C(=O)N[C@@H](C)C(=O)N[C@H]1N=C(c2ccccc2)c2ccccc2N(C)C1=O)c1ccc(Cl)cc1. The zero-order valence-corrected chi connectivity index (χ0v) is 21.0. The largest absolute Gasteiger partial charge is 0.344 e. The third-order valence-electron chi connectivity index (χ3n) is 6.18. The summed E-state index contributed by atoms with van der Waals surface area (Å²) < 4.78 is 0. The van der Waals surface area contributed by atoms with E-state index in [0.29, 0.717) is 16.4 Å². The van der Waals surface area contributed by atoms with Gasteiger partial charge in [-0.2, -0.15) is 0 Å². The summed E-state index contributed by atoms with van der Waals surface area (Å²) in [7, 11) is 1.66. The highest BCUT2D eigenvalue weighted by Crippen LogP contribution is 2.27. The summed E-state index contributed by atoms with van der Waals surface area (Å²) in [6.45, 7) is 3.32. The predicted octanol–water partition coefficient (Wildman–Crippen LogP) is 3.90. The van der Waals surface area contributed by atoms with Crippen LogP contribution in [0.15, 0.2) is 83.9 Å². The molecule has 2 N–H and O–H groups in total. The van der Waals surface area contributed by atoms with E-state index in [1.165, 1.54) is 4.90 Å². The van der Waals surface area contributed by atoms with Crippen molar-refractivity contribution in [3.05, 3.63) is 101 Å². The maximum Gasteiger partial charge on any atom is 0.272 e. The van der Waals surface area contributed by atoms with Crippen molar-refractivity contribution in [2.45, 2.75) is 32.0 Å². The topological polar surface area (TPSA) is 90.9 Å². The molecule has 8 heteroatoms. The molecule has 0 saturated heterocycles. The Kier molecular flexibility index (Phi) is 7.50. The van der Waals surface area contributed by atoms with Crippen LogP contribution < -0.4 is 15.5 Å². The van der Waals surface area contributed by atoms with Crippen molar-refractivity contribution in [3.8, 4) is 0 Å². The number of anilines is 1. The zero-order chi connectivity index (χ0) is 25.8. The standard InChI is InChI=1S/C28H27ClN4O3/c1-17(19-13-15-21(29)16-14-19)26(34)30-18(2)27(35)32-25-28(36)33(3)23-12-8-7-11-22(23)24(31-25)20-9-5-4-6-10-20/h4-18,25H,1-3H3,(H,30,34)(H,32,35)/t17?,18-,25+/m0/s1. The molecule has 3 amide bonds. The normalized spacial score (nSPS) is 16.8. The van der Waals surface area contributed by atoms with Gasteiger partial charge in [0.1, 0.15) is 6.04 Å². The Hall–Kier alpha value is -3.97. The fourth-order valence-electron chi connectivity index (χ4n) is 4.01. The molecule has 3 atom stereocenters. The minimum atomic E-state index is -1.15. The van der Waals surface area contributed by atoms with Crippen molar-refractivity contribution in [1.82, 2.24) is 10.6 Å². The highest BCUT2D eigenvalue weighted by atomic mass is 35.5. The van der Waals surface area contributed by atoms with E-state index in [1.54, 1.807) is 45.2 Å². The number of benzene rings is 3. The lowest BCUT2D eigenvalue weighted by molar-refractivity contribution is -0.131. The third-order valence-corrected chi connectivity index (χ3v) is 6.44. The molecule has 3 aromatic carbocycles. The van der Waals surface area contributed by atoms with E-state index < -0.39 is 24.0 Å². The van der Waals surface area contributed by atoms with Crippen LogP contribution in [0.4, 0.5) is 5.69 Å². The number of halogens is 1. The summed E-state index contributed by atoms with van der Waals surface area (Å²) in [6, 6.07) is 23.1. The molecule has 0 spiro atoms. The van der Waals surface area contributed by atoms with Gasteiger partial charge in [-0.15, -0.1) is 0 Å². The second-order valence-electron chi connectivity index (χ2n) is 8.67. The van der Waals surface area contributed by atoms with Gasteiger partial charge in [0.15, 0.2) is 0 Å². The summed E-state index contributed by atoms with van der Waals surface area (Å²) >= 11 is 5.93. The Morgan fingerprint density at radius 3 is 2.25 bits per heavy atom. The van der Waals surface area contributed by atoms with E-state index in [0.717, 1.165) is 16.7 Å². The van der Waals surface area contributed by atoms with Crippen LogP contribution in [0.1, 0.15) is 36.5 Å². The van der Waals surface area contributed by atoms with Crippen LogP contribution in [0.2, 0.25) is 5.02 Å². The molecule has 1 unspecified atom stereocenters. The minimum Gasteiger partial charge on any atom is -0.344 e. The minimum absolute atomic E-state index is 0.315. The maximum absolute atomic E-state index is 13.3. The Morgan fingerprint density at radius 1 is 0.917 bits per heavy atom. The predicted molar refractivity (Wildman–Crippen MR) is 141 cm³/mol. The molecule has 3 aromatic rings. The van der Waals surface area contributed by atoms with Crippen LogP contribution in [0.5, 0.6) is 0 Å². The van der Waals surface area contributed by atoms with Crippen molar-refractivity contribution in [3.63, 3.8) is 0 Å². The number of nitrogens with one attached hydrogen (secondary N) is 2. The van der Waals surface area contributed by atoms with Gasteiger partial charge in [0, 0.05) is 23.2 Å². The van der Waals surface area contributed by atoms with Gasteiger partial charge < -0.3 is 15.5 Å². The first-order chi connectivity index (χ1) is 17.3. The van der Waals surface area contributed by atoms with Gasteiger partial charge in [-0.25, -0.2) is 4.99 Å². The molecule has 1 aliphatic rings. The van der Waals surface area contributed by atoms with Crippen LogP contribution in [0.25, 0.3) is 0 Å². The van der Waals surface area contributed by atoms with E-state index in [-0.39, 0.29) is 11.8 Å². The van der Waals surface area contributed by atoms with Crippen molar-refractivity contribution >= 4 is 40.7 Å². The van der Waals surface area contributed by atoms with Crippen LogP contribution in [0, 0.1) is 0 Å². The number of fused-ring (bicyclic) bond motifs is 1. The van der Waals surface area contributed by atoms with E-state index in [2.05, 4.69) is 15.6 Å². The number of carbonyl (C=O) groups excluding carboxylic acids is 3. The van der Waals surface area contributed by atoms with Gasteiger partial charge in [0.2, 0.25) is 18.0 Å². The number of likely N-dealkylation sites (N-methyl/N-ethyl adjacent to an activating group) is 1. The smallest absolute Gasteiger partial charge is 0.272 e. The highest BCUT2D eigenvalue weighted by Gasteiger charge is 2.32. The van der Waals surface area contributed by atoms with E-state index in [9.17, 15) is 14.4 Å². The number of hydrogen-bond acceptors (Lipinski definition) is 4. The van der Waals surface area contributed by atoms with Gasteiger partial charge in [-0.1, -0.05) is 72.3 Å². The fraction of sp³-hybridized carbons (Fsp3) is 0.214. The number of amides is 3. The van der Waals surface area contributed by atoms with Crippen molar-refractivity contribution < 1.29 is 14.4 Å². The first-order valence-electron chi connectivity index (χ1n) is 11.6. The molecule has 0 aliphatic carbocycles. The summed E-state index contributed by atoms with van der Waals surface area (Å²) in [5, 5.41) is 6.02. The number of carbonyl (C=O) groups is 3. The van der Waals surface area contributed by atoms with Gasteiger partial charge in [-0.3, -0.25) is 14.4 Å². The van der Waals surface area contributed by atoms with E-state index in [1.807, 2.05) is 54.6 Å². The summed E-state index contributed by atoms with van der Waals surface area (Å²) in [4.78, 5) is 45.3. The molecule has 4 rings (SSSR count). The molecule has 7 nitrogen and oxygen atoms in total. The highest BCUT2D eigenvalue weighted by molar-refractivity contribution is 6.30. The Bertz CT molecular complexity index is 1310. The fourth-order valence-corrected chi connectivity index (χ4v) is 4.13. The van der Waals surface area contributed by atoms with Crippen molar-refractivity contribution in [1.29, 1.82) is 0 Å². The molecule has 0 bridgehead atoms. The van der Waals surface area contributed by atoms with Gasteiger partial charge in [0.25, 0.3) is 5.91 Å². The second-order valence-corrected chi connectivity index (χ2v) is 9.11. The van der Waals surface area contributed by atoms with Crippen LogP contribution >= 0.6 is 11.6 Å². The van der Waals surface area contributed by atoms with Gasteiger partial charge in [-0.05, 0) is 37.6 Å². The van der Waals surface area contributed by atoms with Crippen molar-refractivity contribution in [2.75, 3.05) is 11.9 Å². The lowest BCUT2D eigenvalue weighted by Gasteiger charge is -2.23. The Labute approximate surface area is 215 Å². The molecular weight excluding hydrogens is 476 g/mol. The van der Waals surface area contributed by atoms with Gasteiger partial charge >= 0.3 is 0 Å². The van der Waals surface area contributed by atoms with Crippen LogP contribution in [0.3, 0.4) is 0 Å². The summed E-state index contributed by atoms with van der Waals surface area (Å²) in [6.07, 6.45) is -1.15. The van der Waals surface area contributed by atoms with Crippen molar-refractivity contribution in [2.24, 2.45) is 4.99 Å². The average Bonchev–Trinajstić information content (AvgIpc) is 2.99. The monoisotopic (exact) mass is 502 g/mol. The van der Waals surface area contributed by atoms with E-state index >= 15 is 0 Å². The first-order valence-corrected chi connectivity index (χ1v) is 12.0. The van der Waals surface area contributed by atoms with Crippen LogP contribution in [-0.4, -0.2) is 42.7 Å². The lowest BCUT2D eigenvalue weighted by Crippen LogP contribution is -2.52. The molecule has 1 heterocycles. The van der Waals surface area contributed by atoms with E-state index in [4.69, 9.17) is 11.6 Å². The Balaban J connectivity index is 1.55. The molecular formula is C28H27ClN4O3. The molecule has 0 radical (unpaired) electrons. The molecule has 0 fully saturated rings. The number of rotatable bonds is 6. The maximum atomic E-state index is 13.3. The molecule has 1 aliphatic heterocycles. The third kappa shape index (κ3) is 5.31. The summed E-state index contributed by atoms with van der Waals surface area (Å²) in [5.41, 5.74) is 3.68. The number of nitrogens with zero attached hydrogens (tertiary/aromatic N) is 2. The first kappa shape index (κ1) is 25.1. The molecule has 184 valence electrons. The number of para-hydroxylation sites is 1. The van der Waals surface area contributed by atoms with Crippen LogP contribution in [-0.2, 0) is 14.4 Å². The molecule has 0 saturated carbocycles. The molecule has 0 aromatic heterocycles. The number of benzodiazepines with no additional fused rings is 1. The quantitative estimate of drug-likeness (QED) is 0.535. The summed E-state index contributed by atoms with van der Waals surface area (Å²) in [5.74, 6) is -1.69. The lowest BCUT2D eigenvalue weighted by atomic mass is 10.00. The second kappa shape index (κ2) is 10.7. The van der Waals surface area contributed by atoms with Gasteiger partial charge in [0.05, 0.1) is 17.3 Å². The Morgan fingerprint density at radius 2 is 1.56 bits per heavy atom.